The van der Waals surface area contributed by atoms with Gasteiger partial charge in [0, 0.05) is 25.8 Å². The average Bonchev–Trinajstić information content (AvgIpc) is 3.22. The summed E-state index contributed by atoms with van der Waals surface area (Å²) in [6.45, 7) is 5.74. The Morgan fingerprint density at radius 3 is 2.86 bits per heavy atom. The second-order valence-electron chi connectivity index (χ2n) is 7.13. The van der Waals surface area contributed by atoms with Crippen molar-refractivity contribution in [3.05, 3.63) is 34.6 Å². The van der Waals surface area contributed by atoms with E-state index in [4.69, 9.17) is 9.72 Å². The minimum Gasteiger partial charge on any atom is -0.382 e. The Kier molecular flexibility index (Phi) is 7.50. The van der Waals surface area contributed by atoms with Crippen LogP contribution in [0.5, 0.6) is 0 Å². The number of hydrogen-bond acceptors (Lipinski definition) is 5. The largest absolute Gasteiger partial charge is 0.382 e. The molecule has 0 aliphatic heterocycles. The van der Waals surface area contributed by atoms with Crippen LogP contribution in [0.2, 0.25) is 0 Å². The second kappa shape index (κ2) is 10.1. The van der Waals surface area contributed by atoms with Gasteiger partial charge in [0.2, 0.25) is 5.91 Å². The van der Waals surface area contributed by atoms with Crippen LogP contribution in [0.15, 0.2) is 34.2 Å². The zero-order valence-corrected chi connectivity index (χ0v) is 17.5. The van der Waals surface area contributed by atoms with Gasteiger partial charge in [-0.05, 0) is 45.2 Å². The highest BCUT2D eigenvalue weighted by molar-refractivity contribution is 8.00. The third-order valence-electron chi connectivity index (χ3n) is 5.09. The van der Waals surface area contributed by atoms with Crippen molar-refractivity contribution in [2.75, 3.05) is 19.8 Å². The van der Waals surface area contributed by atoms with E-state index in [0.29, 0.717) is 35.8 Å². The molecule has 7 heteroatoms. The first-order chi connectivity index (χ1) is 13.6. The zero-order chi connectivity index (χ0) is 19.9. The monoisotopic (exact) mass is 403 g/mol. The molecule has 1 aliphatic carbocycles. The Labute approximate surface area is 170 Å². The molecule has 0 saturated heterocycles. The summed E-state index contributed by atoms with van der Waals surface area (Å²) in [4.78, 5) is 30.4. The minimum absolute atomic E-state index is 0.00400. The van der Waals surface area contributed by atoms with E-state index in [0.717, 1.165) is 32.1 Å². The van der Waals surface area contributed by atoms with Gasteiger partial charge in [-0.3, -0.25) is 14.2 Å². The summed E-state index contributed by atoms with van der Waals surface area (Å²) in [6.07, 6.45) is 5.03. The maximum absolute atomic E-state index is 13.2. The van der Waals surface area contributed by atoms with Crippen LogP contribution >= 0.6 is 11.8 Å². The molecule has 0 bridgehead atoms. The summed E-state index contributed by atoms with van der Waals surface area (Å²) in [5.41, 5.74) is 0.692. The molecule has 1 heterocycles. The number of para-hydroxylation sites is 1. The number of rotatable bonds is 9. The highest BCUT2D eigenvalue weighted by atomic mass is 32.2. The molecule has 1 N–H and O–H groups in total. The third-order valence-corrected chi connectivity index (χ3v) is 6.15. The fraction of sp³-hybridized carbons (Fsp3) is 0.571. The van der Waals surface area contributed by atoms with Crippen LogP contribution in [-0.2, 0) is 9.53 Å². The Morgan fingerprint density at radius 2 is 2.11 bits per heavy atom. The van der Waals surface area contributed by atoms with Crippen LogP contribution in [0.25, 0.3) is 10.9 Å². The fourth-order valence-corrected chi connectivity index (χ4v) is 4.58. The van der Waals surface area contributed by atoms with E-state index < -0.39 is 0 Å². The molecule has 6 nitrogen and oxygen atoms in total. The lowest BCUT2D eigenvalue weighted by molar-refractivity contribution is -0.120. The molecule has 1 fully saturated rings. The first kappa shape index (κ1) is 20.9. The fourth-order valence-electron chi connectivity index (χ4n) is 3.58. The SMILES string of the molecule is CCOCCCNC(=O)C(C)Sc1nc2ccccc2c(=O)n1C1CCCC1. The molecular weight excluding hydrogens is 374 g/mol. The summed E-state index contributed by atoms with van der Waals surface area (Å²) in [5, 5.41) is 3.91. The van der Waals surface area contributed by atoms with Crippen LogP contribution in [0.4, 0.5) is 0 Å². The standard InChI is InChI=1S/C21H29N3O3S/c1-3-27-14-8-13-22-19(25)15(2)28-21-23-18-12-7-6-11-17(18)20(26)24(21)16-9-4-5-10-16/h6-7,11-12,15-16H,3-5,8-10,13-14H2,1-2H3,(H,22,25). The van der Waals surface area contributed by atoms with E-state index >= 15 is 0 Å². The molecule has 1 amide bonds. The Bertz CT molecular complexity index is 862. The van der Waals surface area contributed by atoms with Crippen molar-refractivity contribution in [1.82, 2.24) is 14.9 Å². The number of nitrogens with zero attached hydrogens (tertiary/aromatic N) is 2. The van der Waals surface area contributed by atoms with Gasteiger partial charge in [-0.25, -0.2) is 4.98 Å². The summed E-state index contributed by atoms with van der Waals surface area (Å²) < 4.78 is 7.13. The van der Waals surface area contributed by atoms with E-state index in [-0.39, 0.29) is 22.8 Å². The van der Waals surface area contributed by atoms with Gasteiger partial charge in [0.15, 0.2) is 5.16 Å². The first-order valence-electron chi connectivity index (χ1n) is 10.1. The van der Waals surface area contributed by atoms with Crippen LogP contribution < -0.4 is 10.9 Å². The van der Waals surface area contributed by atoms with Gasteiger partial charge in [0.1, 0.15) is 0 Å². The normalized spacial score (nSPS) is 15.8. The predicted molar refractivity (Wildman–Crippen MR) is 113 cm³/mol. The minimum atomic E-state index is -0.326. The smallest absolute Gasteiger partial charge is 0.262 e. The zero-order valence-electron chi connectivity index (χ0n) is 16.6. The second-order valence-corrected chi connectivity index (χ2v) is 8.43. The van der Waals surface area contributed by atoms with Gasteiger partial charge in [0.05, 0.1) is 16.2 Å². The lowest BCUT2D eigenvalue weighted by Crippen LogP contribution is -2.33. The van der Waals surface area contributed by atoms with Crippen LogP contribution in [0.1, 0.15) is 52.0 Å². The number of ether oxygens (including phenoxy) is 1. The lowest BCUT2D eigenvalue weighted by Gasteiger charge is -2.20. The maximum atomic E-state index is 13.2. The quantitative estimate of drug-likeness (QED) is 0.394. The maximum Gasteiger partial charge on any atom is 0.262 e. The van der Waals surface area contributed by atoms with Crippen molar-refractivity contribution >= 4 is 28.6 Å². The van der Waals surface area contributed by atoms with Crippen LogP contribution in [-0.4, -0.2) is 40.5 Å². The number of thioether (sulfide) groups is 1. The molecule has 1 atom stereocenters. The summed E-state index contributed by atoms with van der Waals surface area (Å²) in [7, 11) is 0. The van der Waals surface area contributed by atoms with Crippen molar-refractivity contribution in [2.45, 2.75) is 62.4 Å². The molecule has 2 aromatic rings. The number of fused-ring (bicyclic) bond motifs is 1. The topological polar surface area (TPSA) is 73.2 Å². The molecule has 1 aromatic heterocycles. The lowest BCUT2D eigenvalue weighted by atomic mass is 10.2. The van der Waals surface area contributed by atoms with Gasteiger partial charge in [-0.1, -0.05) is 36.7 Å². The summed E-state index contributed by atoms with van der Waals surface area (Å²) >= 11 is 1.37. The van der Waals surface area contributed by atoms with Crippen molar-refractivity contribution in [2.24, 2.45) is 0 Å². The number of hydrogen-bond donors (Lipinski definition) is 1. The third kappa shape index (κ3) is 4.94. The Hall–Kier alpha value is -1.86. The van der Waals surface area contributed by atoms with E-state index in [9.17, 15) is 9.59 Å². The summed E-state index contributed by atoms with van der Waals surface area (Å²) in [6, 6.07) is 7.62. The molecular formula is C21H29N3O3S. The molecule has 3 rings (SSSR count). The van der Waals surface area contributed by atoms with Crippen molar-refractivity contribution in [3.63, 3.8) is 0 Å². The van der Waals surface area contributed by atoms with Gasteiger partial charge in [-0.2, -0.15) is 0 Å². The van der Waals surface area contributed by atoms with E-state index in [1.807, 2.05) is 42.7 Å². The number of aromatic nitrogens is 2. The predicted octanol–water partition coefficient (Wildman–Crippen LogP) is 3.54. The van der Waals surface area contributed by atoms with Gasteiger partial charge >= 0.3 is 0 Å². The molecule has 1 aliphatic rings. The summed E-state index contributed by atoms with van der Waals surface area (Å²) in [5.74, 6) is -0.0399. The molecule has 1 aromatic carbocycles. The number of nitrogens with one attached hydrogen (secondary N) is 1. The van der Waals surface area contributed by atoms with Gasteiger partial charge in [0.25, 0.3) is 5.56 Å². The van der Waals surface area contributed by atoms with E-state index in [1.54, 1.807) is 0 Å². The molecule has 28 heavy (non-hydrogen) atoms. The van der Waals surface area contributed by atoms with Gasteiger partial charge in [-0.15, -0.1) is 0 Å². The first-order valence-corrected chi connectivity index (χ1v) is 11.0. The van der Waals surface area contributed by atoms with E-state index in [1.165, 1.54) is 11.8 Å². The molecule has 1 unspecified atom stereocenters. The average molecular weight is 404 g/mol. The van der Waals surface area contributed by atoms with E-state index in [2.05, 4.69) is 5.32 Å². The molecule has 1 saturated carbocycles. The van der Waals surface area contributed by atoms with Crippen molar-refractivity contribution < 1.29 is 9.53 Å². The van der Waals surface area contributed by atoms with Crippen molar-refractivity contribution in [3.8, 4) is 0 Å². The number of carbonyl (C=O) groups excluding carboxylic acids is 1. The number of carbonyl (C=O) groups is 1. The van der Waals surface area contributed by atoms with Crippen LogP contribution in [0.3, 0.4) is 0 Å². The molecule has 0 radical (unpaired) electrons. The highest BCUT2D eigenvalue weighted by Crippen LogP contribution is 2.33. The number of amides is 1. The van der Waals surface area contributed by atoms with Crippen LogP contribution in [0, 0.1) is 0 Å². The molecule has 0 spiro atoms. The van der Waals surface area contributed by atoms with Crippen molar-refractivity contribution in [1.29, 1.82) is 0 Å². The highest BCUT2D eigenvalue weighted by Gasteiger charge is 2.25. The Balaban J connectivity index is 1.78. The Morgan fingerprint density at radius 1 is 1.36 bits per heavy atom. The van der Waals surface area contributed by atoms with Gasteiger partial charge < -0.3 is 10.1 Å². The molecule has 152 valence electrons. The number of benzene rings is 1.